The molecule has 1 aromatic heterocycles. The van der Waals surface area contributed by atoms with Gasteiger partial charge in [0.2, 0.25) is 0 Å². The molecule has 1 heterocycles. The van der Waals surface area contributed by atoms with Gasteiger partial charge in [-0.1, -0.05) is 78.4 Å². The van der Waals surface area contributed by atoms with E-state index in [0.717, 1.165) is 16.7 Å². The van der Waals surface area contributed by atoms with Crippen molar-refractivity contribution in [3.05, 3.63) is 96.6 Å². The van der Waals surface area contributed by atoms with Gasteiger partial charge in [-0.05, 0) is 41.8 Å². The second-order valence-corrected chi connectivity index (χ2v) is 6.70. The first kappa shape index (κ1) is 15.0. The molecule has 0 atom stereocenters. The van der Waals surface area contributed by atoms with Crippen LogP contribution >= 0.6 is 0 Å². The van der Waals surface area contributed by atoms with Crippen molar-refractivity contribution in [2.45, 2.75) is 6.92 Å². The highest BCUT2D eigenvalue weighted by Gasteiger charge is 2.16. The summed E-state index contributed by atoms with van der Waals surface area (Å²) < 4.78 is 6.36. The molecule has 0 aliphatic rings. The van der Waals surface area contributed by atoms with Crippen LogP contribution in [0.3, 0.4) is 0 Å². The number of hydrogen-bond acceptors (Lipinski definition) is 1. The molecule has 0 aliphatic heterocycles. The molecule has 5 rings (SSSR count). The predicted molar refractivity (Wildman–Crippen MR) is 109 cm³/mol. The predicted octanol–water partition coefficient (Wildman–Crippen LogP) is 7.23. The Bertz CT molecular complexity index is 1210. The van der Waals surface area contributed by atoms with Crippen LogP contribution < -0.4 is 0 Å². The summed E-state index contributed by atoms with van der Waals surface area (Å²) in [6, 6.07) is 31.8. The fourth-order valence-electron chi connectivity index (χ4n) is 3.70. The molecule has 26 heavy (non-hydrogen) atoms. The Balaban J connectivity index is 1.93. The maximum atomic E-state index is 6.36. The van der Waals surface area contributed by atoms with Gasteiger partial charge in [0.05, 0.1) is 0 Å². The summed E-state index contributed by atoms with van der Waals surface area (Å²) in [6.07, 6.45) is 0. The summed E-state index contributed by atoms with van der Waals surface area (Å²) in [5.41, 5.74) is 7.86. The number of fused-ring (bicyclic) bond motifs is 3. The molecular formula is C25H18O. The lowest BCUT2D eigenvalue weighted by molar-refractivity contribution is 0.670. The van der Waals surface area contributed by atoms with Crippen LogP contribution in [0.4, 0.5) is 0 Å². The maximum absolute atomic E-state index is 6.36. The summed E-state index contributed by atoms with van der Waals surface area (Å²) in [7, 11) is 0. The largest absolute Gasteiger partial charge is 0.455 e. The fraction of sp³-hybridized carbons (Fsp3) is 0.0400. The van der Waals surface area contributed by atoms with Crippen LogP contribution in [0.1, 0.15) is 5.56 Å². The summed E-state index contributed by atoms with van der Waals surface area (Å²) in [5, 5.41) is 2.37. The zero-order chi connectivity index (χ0) is 17.5. The highest BCUT2D eigenvalue weighted by molar-refractivity contribution is 6.16. The SMILES string of the molecule is Cc1ccc2oc3c(-c4ccccc4)ccc(-c4ccccc4)c3c2c1. The van der Waals surface area contributed by atoms with E-state index >= 15 is 0 Å². The molecule has 0 bridgehead atoms. The Morgan fingerprint density at radius 1 is 0.615 bits per heavy atom. The van der Waals surface area contributed by atoms with Crippen LogP contribution in [0, 0.1) is 6.92 Å². The molecule has 0 fully saturated rings. The molecule has 1 heteroatoms. The van der Waals surface area contributed by atoms with Gasteiger partial charge in [-0.3, -0.25) is 0 Å². The van der Waals surface area contributed by atoms with Crippen molar-refractivity contribution in [2.24, 2.45) is 0 Å². The molecule has 0 amide bonds. The fourth-order valence-corrected chi connectivity index (χ4v) is 3.70. The van der Waals surface area contributed by atoms with Gasteiger partial charge in [-0.15, -0.1) is 0 Å². The molecule has 0 spiro atoms. The summed E-state index contributed by atoms with van der Waals surface area (Å²) in [6.45, 7) is 2.13. The summed E-state index contributed by atoms with van der Waals surface area (Å²) >= 11 is 0. The third-order valence-corrected chi connectivity index (χ3v) is 4.94. The quantitative estimate of drug-likeness (QED) is 0.332. The number of furan rings is 1. The highest BCUT2D eigenvalue weighted by atomic mass is 16.3. The number of benzene rings is 4. The second-order valence-electron chi connectivity index (χ2n) is 6.70. The monoisotopic (exact) mass is 334 g/mol. The van der Waals surface area contributed by atoms with Gasteiger partial charge in [0.25, 0.3) is 0 Å². The second kappa shape index (κ2) is 5.89. The van der Waals surface area contributed by atoms with E-state index in [4.69, 9.17) is 4.42 Å². The standard InChI is InChI=1S/C25H18O/c1-17-12-15-23-22(16-17)24-20(18-8-4-2-5-9-18)13-14-21(25(24)26-23)19-10-6-3-7-11-19/h2-16H,1H3. The minimum absolute atomic E-state index is 0.936. The van der Waals surface area contributed by atoms with Gasteiger partial charge < -0.3 is 4.42 Å². The van der Waals surface area contributed by atoms with Crippen LogP contribution in [0.5, 0.6) is 0 Å². The molecule has 124 valence electrons. The Morgan fingerprint density at radius 2 is 1.23 bits per heavy atom. The van der Waals surface area contributed by atoms with E-state index in [0.29, 0.717) is 0 Å². The first-order valence-corrected chi connectivity index (χ1v) is 8.88. The van der Waals surface area contributed by atoms with E-state index in [1.807, 2.05) is 6.07 Å². The van der Waals surface area contributed by atoms with Crippen LogP contribution in [-0.2, 0) is 0 Å². The smallest absolute Gasteiger partial charge is 0.143 e. The topological polar surface area (TPSA) is 13.1 Å². The van der Waals surface area contributed by atoms with Gasteiger partial charge in [-0.2, -0.15) is 0 Å². The first-order valence-electron chi connectivity index (χ1n) is 8.88. The van der Waals surface area contributed by atoms with Crippen molar-refractivity contribution < 1.29 is 4.42 Å². The maximum Gasteiger partial charge on any atom is 0.143 e. The van der Waals surface area contributed by atoms with Gasteiger partial charge in [-0.25, -0.2) is 0 Å². The molecule has 4 aromatic carbocycles. The average Bonchev–Trinajstić information content (AvgIpc) is 3.07. The highest BCUT2D eigenvalue weighted by Crippen LogP contribution is 2.41. The lowest BCUT2D eigenvalue weighted by atomic mass is 9.94. The molecule has 0 radical (unpaired) electrons. The van der Waals surface area contributed by atoms with Crippen molar-refractivity contribution in [3.8, 4) is 22.3 Å². The summed E-state index contributed by atoms with van der Waals surface area (Å²) in [4.78, 5) is 0. The van der Waals surface area contributed by atoms with Crippen molar-refractivity contribution in [2.75, 3.05) is 0 Å². The first-order chi connectivity index (χ1) is 12.8. The molecule has 0 N–H and O–H groups in total. The van der Waals surface area contributed by atoms with Gasteiger partial charge in [0.1, 0.15) is 11.2 Å². The van der Waals surface area contributed by atoms with E-state index in [2.05, 4.69) is 91.9 Å². The number of aryl methyl sites for hydroxylation is 1. The molecule has 1 nitrogen and oxygen atoms in total. The molecule has 0 unspecified atom stereocenters. The minimum atomic E-state index is 0.936. The van der Waals surface area contributed by atoms with Gasteiger partial charge in [0.15, 0.2) is 0 Å². The molecule has 5 aromatic rings. The third kappa shape index (κ3) is 2.33. The lowest BCUT2D eigenvalue weighted by Crippen LogP contribution is -1.83. The van der Waals surface area contributed by atoms with Crippen molar-refractivity contribution in [1.29, 1.82) is 0 Å². The molecule has 0 saturated carbocycles. The normalized spacial score (nSPS) is 11.3. The molecule has 0 aliphatic carbocycles. The van der Waals surface area contributed by atoms with Crippen LogP contribution in [0.25, 0.3) is 44.2 Å². The van der Waals surface area contributed by atoms with Crippen LogP contribution in [0.15, 0.2) is 95.4 Å². The Labute approximate surface area is 152 Å². The van der Waals surface area contributed by atoms with E-state index in [1.54, 1.807) is 0 Å². The minimum Gasteiger partial charge on any atom is -0.455 e. The van der Waals surface area contributed by atoms with Crippen molar-refractivity contribution in [3.63, 3.8) is 0 Å². The zero-order valence-electron chi connectivity index (χ0n) is 14.6. The zero-order valence-corrected chi connectivity index (χ0v) is 14.6. The summed E-state index contributed by atoms with van der Waals surface area (Å²) in [5.74, 6) is 0. The van der Waals surface area contributed by atoms with Crippen LogP contribution in [0.2, 0.25) is 0 Å². The van der Waals surface area contributed by atoms with E-state index in [-0.39, 0.29) is 0 Å². The number of hydrogen-bond donors (Lipinski definition) is 0. The van der Waals surface area contributed by atoms with E-state index in [9.17, 15) is 0 Å². The lowest BCUT2D eigenvalue weighted by Gasteiger charge is -2.08. The number of rotatable bonds is 2. The van der Waals surface area contributed by atoms with Gasteiger partial charge >= 0.3 is 0 Å². The third-order valence-electron chi connectivity index (χ3n) is 4.94. The van der Waals surface area contributed by atoms with Crippen molar-refractivity contribution >= 4 is 21.9 Å². The van der Waals surface area contributed by atoms with E-state index < -0.39 is 0 Å². The molecule has 0 saturated heterocycles. The average molecular weight is 334 g/mol. The molecular weight excluding hydrogens is 316 g/mol. The Kier molecular flexibility index (Phi) is 3.39. The Morgan fingerprint density at radius 3 is 1.92 bits per heavy atom. The Hall–Kier alpha value is -3.32. The van der Waals surface area contributed by atoms with Gasteiger partial charge in [0, 0.05) is 16.3 Å². The van der Waals surface area contributed by atoms with Crippen molar-refractivity contribution in [1.82, 2.24) is 0 Å². The van der Waals surface area contributed by atoms with E-state index in [1.165, 1.54) is 33.0 Å². The van der Waals surface area contributed by atoms with Crippen LogP contribution in [-0.4, -0.2) is 0 Å².